The van der Waals surface area contributed by atoms with Crippen LogP contribution in [0.15, 0.2) is 12.1 Å². The molecule has 3 nitrogen and oxygen atoms in total. The highest BCUT2D eigenvalue weighted by Gasteiger charge is 2.15. The van der Waals surface area contributed by atoms with Gasteiger partial charge in [0.15, 0.2) is 0 Å². The topological polar surface area (TPSA) is 29.7 Å². The van der Waals surface area contributed by atoms with Crippen LogP contribution in [0.25, 0.3) is 10.9 Å². The molecule has 0 aliphatic heterocycles. The van der Waals surface area contributed by atoms with Crippen LogP contribution in [0.2, 0.25) is 0 Å². The van der Waals surface area contributed by atoms with Crippen LogP contribution in [-0.4, -0.2) is 10.3 Å². The first-order chi connectivity index (χ1) is 7.15. The quantitative estimate of drug-likeness (QED) is 0.658. The van der Waals surface area contributed by atoms with Gasteiger partial charge < -0.3 is 0 Å². The number of aromatic nitrogens is 3. The van der Waals surface area contributed by atoms with E-state index in [1.54, 1.807) is 0 Å². The van der Waals surface area contributed by atoms with E-state index in [-0.39, 0.29) is 0 Å². The van der Waals surface area contributed by atoms with Crippen LogP contribution in [0.5, 0.6) is 0 Å². The van der Waals surface area contributed by atoms with Crippen molar-refractivity contribution in [3.8, 4) is 0 Å². The molecule has 0 aliphatic carbocycles. The number of fused-ring (bicyclic) bond motifs is 1. The number of hydrogen-bond donors (Lipinski definition) is 0. The molecule has 0 amide bonds. The molecule has 2 aromatic rings. The number of rotatable bonds is 1. The zero-order valence-electron chi connectivity index (χ0n) is 9.70. The average Bonchev–Trinajstić information content (AvgIpc) is 2.23. The van der Waals surface area contributed by atoms with Crippen molar-refractivity contribution in [2.24, 2.45) is 7.05 Å². The Bertz CT molecular complexity index is 518. The minimum atomic E-state index is 0.977. The SMILES string of the molecule is CCc1c2ccc(C)c(C)c2nn[n+]1C. The molecule has 0 saturated carbocycles. The third kappa shape index (κ3) is 1.48. The van der Waals surface area contributed by atoms with Crippen molar-refractivity contribution in [1.29, 1.82) is 0 Å². The molecule has 0 saturated heterocycles. The van der Waals surface area contributed by atoms with Crippen LogP contribution < -0.4 is 4.68 Å². The molecule has 3 heteroatoms. The average molecular weight is 202 g/mol. The normalized spacial score (nSPS) is 10.9. The first-order valence-electron chi connectivity index (χ1n) is 5.27. The summed E-state index contributed by atoms with van der Waals surface area (Å²) in [6, 6.07) is 4.30. The summed E-state index contributed by atoms with van der Waals surface area (Å²) < 4.78 is 1.86. The minimum Gasteiger partial charge on any atom is -0.137 e. The highest BCUT2D eigenvalue weighted by molar-refractivity contribution is 5.83. The summed E-state index contributed by atoms with van der Waals surface area (Å²) >= 11 is 0. The van der Waals surface area contributed by atoms with E-state index in [1.807, 2.05) is 11.7 Å². The van der Waals surface area contributed by atoms with Gasteiger partial charge >= 0.3 is 0 Å². The molecule has 1 heterocycles. The summed E-state index contributed by atoms with van der Waals surface area (Å²) in [4.78, 5) is 0. The second kappa shape index (κ2) is 3.57. The molecule has 2 rings (SSSR count). The van der Waals surface area contributed by atoms with Gasteiger partial charge in [-0.3, -0.25) is 0 Å². The maximum Gasteiger partial charge on any atom is 0.217 e. The Labute approximate surface area is 89.7 Å². The molecule has 0 atom stereocenters. The lowest BCUT2D eigenvalue weighted by atomic mass is 10.0. The van der Waals surface area contributed by atoms with E-state index in [4.69, 9.17) is 0 Å². The van der Waals surface area contributed by atoms with Crippen LogP contribution in [0.4, 0.5) is 0 Å². The molecule has 0 fully saturated rings. The fraction of sp³-hybridized carbons (Fsp3) is 0.417. The van der Waals surface area contributed by atoms with E-state index in [0.717, 1.165) is 11.9 Å². The second-order valence-corrected chi connectivity index (χ2v) is 3.92. The molecular formula is C12H16N3+. The van der Waals surface area contributed by atoms with E-state index < -0.39 is 0 Å². The van der Waals surface area contributed by atoms with Gasteiger partial charge in [-0.25, -0.2) is 0 Å². The summed E-state index contributed by atoms with van der Waals surface area (Å²) in [5.74, 6) is 0. The van der Waals surface area contributed by atoms with Gasteiger partial charge in [0.25, 0.3) is 0 Å². The van der Waals surface area contributed by atoms with Crippen LogP contribution in [0, 0.1) is 13.8 Å². The van der Waals surface area contributed by atoms with Gasteiger partial charge in [-0.2, -0.15) is 0 Å². The summed E-state index contributed by atoms with van der Waals surface area (Å²) in [6.45, 7) is 6.35. The Hall–Kier alpha value is -1.51. The molecule has 0 unspecified atom stereocenters. The Morgan fingerprint density at radius 3 is 2.67 bits per heavy atom. The van der Waals surface area contributed by atoms with Crippen LogP contribution in [-0.2, 0) is 13.5 Å². The molecule has 15 heavy (non-hydrogen) atoms. The lowest BCUT2D eigenvalue weighted by Crippen LogP contribution is -2.39. The molecular weight excluding hydrogens is 186 g/mol. The fourth-order valence-electron chi connectivity index (χ4n) is 1.92. The summed E-state index contributed by atoms with van der Waals surface area (Å²) in [7, 11) is 1.94. The molecule has 0 N–H and O–H groups in total. The molecule has 1 aromatic heterocycles. The van der Waals surface area contributed by atoms with Crippen LogP contribution in [0.3, 0.4) is 0 Å². The Morgan fingerprint density at radius 1 is 1.27 bits per heavy atom. The number of aryl methyl sites for hydroxylation is 4. The van der Waals surface area contributed by atoms with E-state index in [0.29, 0.717) is 0 Å². The van der Waals surface area contributed by atoms with Gasteiger partial charge in [0.2, 0.25) is 5.52 Å². The van der Waals surface area contributed by atoms with E-state index in [1.165, 1.54) is 22.2 Å². The van der Waals surface area contributed by atoms with Crippen molar-refractivity contribution in [1.82, 2.24) is 10.3 Å². The van der Waals surface area contributed by atoms with Crippen LogP contribution >= 0.6 is 0 Å². The standard InChI is InChI=1S/C12H16N3/c1-5-11-10-7-6-8(2)9(3)12(10)13-14-15(11)4/h6-7H,5H2,1-4H3/q+1. The Morgan fingerprint density at radius 2 is 2.00 bits per heavy atom. The van der Waals surface area contributed by atoms with Crippen molar-refractivity contribution in [2.45, 2.75) is 27.2 Å². The molecule has 0 radical (unpaired) electrons. The summed E-state index contributed by atoms with van der Waals surface area (Å²) in [6.07, 6.45) is 0.977. The van der Waals surface area contributed by atoms with Gasteiger partial charge in [-0.1, -0.05) is 13.0 Å². The third-order valence-corrected chi connectivity index (χ3v) is 3.02. The van der Waals surface area contributed by atoms with Crippen molar-refractivity contribution in [3.63, 3.8) is 0 Å². The largest absolute Gasteiger partial charge is 0.217 e. The Kier molecular flexibility index (Phi) is 2.39. The lowest BCUT2D eigenvalue weighted by molar-refractivity contribution is -0.741. The summed E-state index contributed by atoms with van der Waals surface area (Å²) in [5, 5.41) is 9.63. The van der Waals surface area contributed by atoms with Crippen molar-refractivity contribution in [2.75, 3.05) is 0 Å². The monoisotopic (exact) mass is 202 g/mol. The highest BCUT2D eigenvalue weighted by Crippen LogP contribution is 2.19. The molecule has 0 spiro atoms. The zero-order chi connectivity index (χ0) is 11.0. The molecule has 78 valence electrons. The maximum atomic E-state index is 4.26. The number of nitrogens with zero attached hydrogens (tertiary/aromatic N) is 3. The smallest absolute Gasteiger partial charge is 0.137 e. The number of hydrogen-bond acceptors (Lipinski definition) is 2. The van der Waals surface area contributed by atoms with Gasteiger partial charge in [0.05, 0.1) is 10.5 Å². The van der Waals surface area contributed by atoms with Gasteiger partial charge in [0, 0.05) is 12.0 Å². The lowest BCUT2D eigenvalue weighted by Gasteiger charge is -2.03. The molecule has 0 bridgehead atoms. The van der Waals surface area contributed by atoms with E-state index >= 15 is 0 Å². The first kappa shape index (κ1) is 10.0. The van der Waals surface area contributed by atoms with E-state index in [2.05, 4.69) is 43.2 Å². The van der Waals surface area contributed by atoms with E-state index in [9.17, 15) is 0 Å². The summed E-state index contributed by atoms with van der Waals surface area (Å²) in [5.41, 5.74) is 4.77. The fourth-order valence-corrected chi connectivity index (χ4v) is 1.92. The van der Waals surface area contributed by atoms with Gasteiger partial charge in [-0.05, 0) is 25.5 Å². The zero-order valence-corrected chi connectivity index (χ0v) is 9.70. The van der Waals surface area contributed by atoms with Crippen LogP contribution in [0.1, 0.15) is 23.7 Å². The molecule has 1 aromatic carbocycles. The third-order valence-electron chi connectivity index (χ3n) is 3.02. The second-order valence-electron chi connectivity index (χ2n) is 3.92. The Balaban J connectivity index is 2.89. The number of benzene rings is 1. The molecule has 0 aliphatic rings. The van der Waals surface area contributed by atoms with Gasteiger partial charge in [-0.15, -0.1) is 4.68 Å². The predicted molar refractivity (Wildman–Crippen MR) is 59.6 cm³/mol. The van der Waals surface area contributed by atoms with Crippen molar-refractivity contribution >= 4 is 10.9 Å². The first-order valence-corrected chi connectivity index (χ1v) is 5.27. The van der Waals surface area contributed by atoms with Crippen molar-refractivity contribution in [3.05, 3.63) is 29.0 Å². The minimum absolute atomic E-state index is 0.977. The van der Waals surface area contributed by atoms with Gasteiger partial charge in [0.1, 0.15) is 18.0 Å². The maximum absolute atomic E-state index is 4.26. The van der Waals surface area contributed by atoms with Crippen molar-refractivity contribution < 1.29 is 4.68 Å². The highest BCUT2D eigenvalue weighted by atomic mass is 15.4. The predicted octanol–water partition coefficient (Wildman–Crippen LogP) is 1.63.